The van der Waals surface area contributed by atoms with E-state index < -0.39 is 25.3 Å². The highest BCUT2D eigenvalue weighted by molar-refractivity contribution is 6.03. The normalized spacial score (nSPS) is 14.8. The largest absolute Gasteiger partial charge is 0.481 e. The SMILES string of the molecule is CCc1nc2[nH]c(C(=O)NC3CCN(C(=O)CO)CC3)c(OCC(F)(F)F)c2cc1-c1cccnc1. The topological polar surface area (TPSA) is 120 Å². The van der Waals surface area contributed by atoms with E-state index in [-0.39, 0.29) is 34.4 Å². The van der Waals surface area contributed by atoms with E-state index in [9.17, 15) is 22.8 Å². The first-order valence-corrected chi connectivity index (χ1v) is 11.5. The van der Waals surface area contributed by atoms with E-state index in [0.29, 0.717) is 43.6 Å². The first kappa shape index (κ1) is 25.4. The minimum atomic E-state index is -4.60. The number of aromatic amines is 1. The summed E-state index contributed by atoms with van der Waals surface area (Å²) in [6.45, 7) is 0.452. The van der Waals surface area contributed by atoms with E-state index in [4.69, 9.17) is 9.84 Å². The van der Waals surface area contributed by atoms with Crippen molar-refractivity contribution in [1.29, 1.82) is 0 Å². The number of fused-ring (bicyclic) bond motifs is 1. The lowest BCUT2D eigenvalue weighted by molar-refractivity contribution is -0.153. The number of piperidine rings is 1. The molecule has 3 aromatic rings. The number of aliphatic hydroxyl groups excluding tert-OH is 1. The van der Waals surface area contributed by atoms with E-state index in [1.165, 1.54) is 4.90 Å². The molecule has 1 aliphatic rings. The lowest BCUT2D eigenvalue weighted by atomic mass is 10.0. The van der Waals surface area contributed by atoms with Gasteiger partial charge in [-0.25, -0.2) is 4.98 Å². The zero-order valence-electron chi connectivity index (χ0n) is 19.6. The van der Waals surface area contributed by atoms with Gasteiger partial charge in [-0.05, 0) is 31.4 Å². The summed E-state index contributed by atoms with van der Waals surface area (Å²) in [6.07, 6.45) is 0.0744. The van der Waals surface area contributed by atoms with Crippen molar-refractivity contribution in [1.82, 2.24) is 25.2 Å². The van der Waals surface area contributed by atoms with Crippen molar-refractivity contribution in [2.45, 2.75) is 38.4 Å². The second kappa shape index (κ2) is 10.5. The van der Waals surface area contributed by atoms with Gasteiger partial charge in [0.1, 0.15) is 17.9 Å². The highest BCUT2D eigenvalue weighted by Crippen LogP contribution is 2.35. The maximum atomic E-state index is 13.1. The molecule has 0 atom stereocenters. The van der Waals surface area contributed by atoms with Crippen molar-refractivity contribution in [3.05, 3.63) is 42.0 Å². The first-order valence-electron chi connectivity index (χ1n) is 11.5. The van der Waals surface area contributed by atoms with Crippen LogP contribution in [0.15, 0.2) is 30.6 Å². The van der Waals surface area contributed by atoms with Crippen molar-refractivity contribution in [2.75, 3.05) is 26.3 Å². The summed E-state index contributed by atoms with van der Waals surface area (Å²) in [6, 6.07) is 4.93. The molecule has 3 aromatic heterocycles. The fourth-order valence-electron chi connectivity index (χ4n) is 4.27. The fraction of sp³-hybridized carbons (Fsp3) is 0.417. The Morgan fingerprint density at radius 1 is 1.31 bits per heavy atom. The molecule has 0 saturated carbocycles. The summed E-state index contributed by atoms with van der Waals surface area (Å²) < 4.78 is 44.3. The third-order valence-electron chi connectivity index (χ3n) is 6.05. The molecule has 4 heterocycles. The number of hydrogen-bond donors (Lipinski definition) is 3. The van der Waals surface area contributed by atoms with Crippen LogP contribution in [0.25, 0.3) is 22.2 Å². The summed E-state index contributed by atoms with van der Waals surface area (Å²) in [5, 5.41) is 12.1. The standard InChI is InChI=1S/C24H26F3N5O4/c1-2-18-16(14-4-3-7-28-11-14)10-17-21(36-13-24(25,26)27)20(31-22(17)30-18)23(35)29-15-5-8-32(9-6-15)19(34)12-33/h3-4,7,10-11,15,33H,2,5-6,8-9,12-13H2,1H3,(H,29,35)(H,30,31). The molecule has 0 spiro atoms. The predicted octanol–water partition coefficient (Wildman–Crippen LogP) is 2.84. The number of nitrogens with one attached hydrogen (secondary N) is 2. The van der Waals surface area contributed by atoms with Crippen LogP contribution in [0.1, 0.15) is 35.9 Å². The number of carbonyl (C=O) groups excluding carboxylic acids is 2. The summed E-state index contributed by atoms with van der Waals surface area (Å²) in [7, 11) is 0. The molecular formula is C24H26F3N5O4. The van der Waals surface area contributed by atoms with E-state index >= 15 is 0 Å². The summed E-state index contributed by atoms with van der Waals surface area (Å²) in [5.74, 6) is -1.24. The van der Waals surface area contributed by atoms with E-state index in [1.54, 1.807) is 24.5 Å². The van der Waals surface area contributed by atoms with Crippen LogP contribution in [-0.2, 0) is 11.2 Å². The van der Waals surface area contributed by atoms with Crippen molar-refractivity contribution in [3.8, 4) is 16.9 Å². The molecule has 0 radical (unpaired) electrons. The number of amides is 2. The Balaban J connectivity index is 1.67. The van der Waals surface area contributed by atoms with Gasteiger partial charge in [-0.2, -0.15) is 13.2 Å². The van der Waals surface area contributed by atoms with Crippen LogP contribution < -0.4 is 10.1 Å². The summed E-state index contributed by atoms with van der Waals surface area (Å²) >= 11 is 0. The van der Waals surface area contributed by atoms with Gasteiger partial charge in [0, 0.05) is 42.7 Å². The van der Waals surface area contributed by atoms with E-state index in [2.05, 4.69) is 20.3 Å². The van der Waals surface area contributed by atoms with E-state index in [1.807, 2.05) is 13.0 Å². The van der Waals surface area contributed by atoms with E-state index in [0.717, 1.165) is 5.56 Å². The highest BCUT2D eigenvalue weighted by Gasteiger charge is 2.32. The Labute approximate surface area is 204 Å². The number of likely N-dealkylation sites (tertiary alicyclic amines) is 1. The number of halogens is 3. The predicted molar refractivity (Wildman–Crippen MR) is 124 cm³/mol. The molecule has 0 unspecified atom stereocenters. The number of carbonyl (C=O) groups is 2. The molecule has 12 heteroatoms. The number of nitrogens with zero attached hydrogens (tertiary/aromatic N) is 3. The number of aliphatic hydroxyl groups is 1. The molecule has 192 valence electrons. The van der Waals surface area contributed by atoms with Crippen molar-refractivity contribution < 1.29 is 32.6 Å². The average molecular weight is 505 g/mol. The Hall–Kier alpha value is -3.67. The fourth-order valence-corrected chi connectivity index (χ4v) is 4.27. The molecule has 4 rings (SSSR count). The summed E-state index contributed by atoms with van der Waals surface area (Å²) in [4.78, 5) is 37.8. The minimum Gasteiger partial charge on any atom is -0.481 e. The number of ether oxygens (including phenoxy) is 1. The second-order valence-corrected chi connectivity index (χ2v) is 8.49. The van der Waals surface area contributed by atoms with Gasteiger partial charge in [-0.1, -0.05) is 13.0 Å². The van der Waals surface area contributed by atoms with Crippen LogP contribution in [0.3, 0.4) is 0 Å². The van der Waals surface area contributed by atoms with Crippen LogP contribution in [0, 0.1) is 0 Å². The lowest BCUT2D eigenvalue weighted by Gasteiger charge is -2.32. The number of H-pyrrole nitrogens is 1. The molecule has 1 fully saturated rings. The molecule has 2 amide bonds. The third-order valence-corrected chi connectivity index (χ3v) is 6.05. The third kappa shape index (κ3) is 5.59. The smallest absolute Gasteiger partial charge is 0.422 e. The van der Waals surface area contributed by atoms with Crippen LogP contribution in [-0.4, -0.2) is 75.3 Å². The number of hydrogen-bond acceptors (Lipinski definition) is 6. The zero-order chi connectivity index (χ0) is 25.9. The highest BCUT2D eigenvalue weighted by atomic mass is 19.4. The lowest BCUT2D eigenvalue weighted by Crippen LogP contribution is -2.47. The quantitative estimate of drug-likeness (QED) is 0.454. The Morgan fingerprint density at radius 3 is 2.67 bits per heavy atom. The van der Waals surface area contributed by atoms with Gasteiger partial charge in [0.25, 0.3) is 5.91 Å². The molecule has 9 nitrogen and oxygen atoms in total. The average Bonchev–Trinajstić information content (AvgIpc) is 3.24. The molecule has 0 bridgehead atoms. The van der Waals surface area contributed by atoms with Crippen molar-refractivity contribution in [3.63, 3.8) is 0 Å². The second-order valence-electron chi connectivity index (χ2n) is 8.49. The van der Waals surface area contributed by atoms with Gasteiger partial charge in [0.05, 0.1) is 11.1 Å². The molecule has 0 aromatic carbocycles. The number of pyridine rings is 2. The van der Waals surface area contributed by atoms with Gasteiger partial charge >= 0.3 is 6.18 Å². The van der Waals surface area contributed by atoms with Crippen LogP contribution in [0.2, 0.25) is 0 Å². The van der Waals surface area contributed by atoms with Gasteiger partial charge in [-0.3, -0.25) is 14.6 Å². The Kier molecular flexibility index (Phi) is 7.43. The van der Waals surface area contributed by atoms with Gasteiger partial charge in [0.15, 0.2) is 12.4 Å². The van der Waals surface area contributed by atoms with Crippen LogP contribution >= 0.6 is 0 Å². The van der Waals surface area contributed by atoms with Gasteiger partial charge < -0.3 is 25.0 Å². The Bertz CT molecular complexity index is 1240. The van der Waals surface area contributed by atoms with Gasteiger partial charge in [-0.15, -0.1) is 0 Å². The van der Waals surface area contributed by atoms with Crippen LogP contribution in [0.4, 0.5) is 13.2 Å². The molecule has 1 aliphatic heterocycles. The molecule has 3 N–H and O–H groups in total. The molecule has 0 aliphatic carbocycles. The first-order chi connectivity index (χ1) is 17.2. The minimum absolute atomic E-state index is 0.152. The van der Waals surface area contributed by atoms with Crippen molar-refractivity contribution in [2.24, 2.45) is 0 Å². The maximum absolute atomic E-state index is 13.1. The Morgan fingerprint density at radius 2 is 2.06 bits per heavy atom. The zero-order valence-corrected chi connectivity index (χ0v) is 19.6. The number of aryl methyl sites for hydroxylation is 1. The molecule has 36 heavy (non-hydrogen) atoms. The van der Waals surface area contributed by atoms with Crippen LogP contribution in [0.5, 0.6) is 5.75 Å². The number of aromatic nitrogens is 3. The molecular weight excluding hydrogens is 479 g/mol. The van der Waals surface area contributed by atoms with Gasteiger partial charge in [0.2, 0.25) is 5.91 Å². The number of alkyl halides is 3. The van der Waals surface area contributed by atoms with Crippen molar-refractivity contribution >= 4 is 22.8 Å². The number of rotatable bonds is 7. The summed E-state index contributed by atoms with van der Waals surface area (Å²) in [5.41, 5.74) is 2.20. The monoisotopic (exact) mass is 505 g/mol. The maximum Gasteiger partial charge on any atom is 0.422 e. The molecule has 1 saturated heterocycles.